The fourth-order valence-electron chi connectivity index (χ4n) is 3.39. The first-order chi connectivity index (χ1) is 11.9. The summed E-state index contributed by atoms with van der Waals surface area (Å²) in [5.74, 6) is 0. The normalized spacial score (nSPS) is 16.4. The second kappa shape index (κ2) is 6.80. The minimum Gasteiger partial charge on any atom is -0.369 e. The van der Waals surface area contributed by atoms with Gasteiger partial charge < -0.3 is 4.90 Å². The maximum atomic E-state index is 13.0. The number of aromatic nitrogens is 2. The summed E-state index contributed by atoms with van der Waals surface area (Å²) in [6.07, 6.45) is 1.48. The molecule has 1 aliphatic rings. The van der Waals surface area contributed by atoms with Crippen molar-refractivity contribution in [3.8, 4) is 0 Å². The van der Waals surface area contributed by atoms with Gasteiger partial charge in [-0.05, 0) is 44.9 Å². The van der Waals surface area contributed by atoms with Gasteiger partial charge in [-0.25, -0.2) is 8.42 Å². The second-order valence-electron chi connectivity index (χ2n) is 6.52. The van der Waals surface area contributed by atoms with E-state index in [1.807, 2.05) is 13.8 Å². The van der Waals surface area contributed by atoms with Crippen LogP contribution in [0.5, 0.6) is 0 Å². The fourth-order valence-corrected chi connectivity index (χ4v) is 4.97. The maximum absolute atomic E-state index is 13.0. The van der Waals surface area contributed by atoms with Gasteiger partial charge in [0.15, 0.2) is 0 Å². The molecule has 2 heterocycles. The van der Waals surface area contributed by atoms with Gasteiger partial charge in [-0.1, -0.05) is 12.1 Å². The number of aryl methyl sites for hydroxylation is 2. The van der Waals surface area contributed by atoms with Crippen LogP contribution in [0.2, 0.25) is 0 Å². The highest BCUT2D eigenvalue weighted by Crippen LogP contribution is 2.26. The molecule has 1 aromatic carbocycles. The van der Waals surface area contributed by atoms with Crippen LogP contribution in [0.1, 0.15) is 23.7 Å². The van der Waals surface area contributed by atoms with Crippen molar-refractivity contribution in [3.05, 3.63) is 41.2 Å². The average Bonchev–Trinajstić information content (AvgIpc) is 2.99. The van der Waals surface area contributed by atoms with E-state index in [1.165, 1.54) is 23.0 Å². The predicted octanol–water partition coefficient (Wildman–Crippen LogP) is 2.34. The predicted molar refractivity (Wildman–Crippen MR) is 99.5 cm³/mol. The van der Waals surface area contributed by atoms with Crippen molar-refractivity contribution >= 4 is 15.7 Å². The Labute approximate surface area is 150 Å². The third-order valence-electron chi connectivity index (χ3n) is 5.13. The lowest BCUT2D eigenvalue weighted by Gasteiger charge is -2.36. The summed E-state index contributed by atoms with van der Waals surface area (Å²) in [5, 5.41) is 4.18. The zero-order valence-corrected chi connectivity index (χ0v) is 16.2. The number of sulfonamides is 1. The van der Waals surface area contributed by atoms with Gasteiger partial charge in [-0.15, -0.1) is 0 Å². The van der Waals surface area contributed by atoms with E-state index in [-0.39, 0.29) is 0 Å². The van der Waals surface area contributed by atoms with Crippen LogP contribution in [-0.2, 0) is 16.6 Å². The molecule has 1 aliphatic heterocycles. The summed E-state index contributed by atoms with van der Waals surface area (Å²) in [6, 6.07) is 6.28. The van der Waals surface area contributed by atoms with E-state index in [9.17, 15) is 8.42 Å². The van der Waals surface area contributed by atoms with Crippen molar-refractivity contribution < 1.29 is 8.42 Å². The maximum Gasteiger partial charge on any atom is 0.246 e. The Balaban J connectivity index is 1.77. The average molecular weight is 362 g/mol. The highest BCUT2D eigenvalue weighted by Gasteiger charge is 2.31. The molecule has 0 saturated carbocycles. The van der Waals surface area contributed by atoms with Crippen LogP contribution in [0.3, 0.4) is 0 Å². The molecule has 6 nitrogen and oxygen atoms in total. The lowest BCUT2D eigenvalue weighted by Crippen LogP contribution is -2.49. The number of piperazine rings is 1. The molecule has 0 radical (unpaired) electrons. The molecule has 1 fully saturated rings. The second-order valence-corrected chi connectivity index (χ2v) is 8.43. The molecule has 136 valence electrons. The van der Waals surface area contributed by atoms with Crippen molar-refractivity contribution in [2.75, 3.05) is 31.1 Å². The highest BCUT2D eigenvalue weighted by molar-refractivity contribution is 7.89. The van der Waals surface area contributed by atoms with Crippen LogP contribution in [0.25, 0.3) is 0 Å². The van der Waals surface area contributed by atoms with Gasteiger partial charge in [-0.2, -0.15) is 9.40 Å². The van der Waals surface area contributed by atoms with Gasteiger partial charge in [-0.3, -0.25) is 4.68 Å². The van der Waals surface area contributed by atoms with E-state index in [2.05, 4.69) is 42.0 Å². The molecule has 0 atom stereocenters. The highest BCUT2D eigenvalue weighted by atomic mass is 32.2. The van der Waals surface area contributed by atoms with Crippen LogP contribution in [0, 0.1) is 20.8 Å². The van der Waals surface area contributed by atoms with Crippen molar-refractivity contribution in [3.63, 3.8) is 0 Å². The summed E-state index contributed by atoms with van der Waals surface area (Å²) in [5.41, 5.74) is 4.43. The van der Waals surface area contributed by atoms with Crippen molar-refractivity contribution in [2.45, 2.75) is 39.1 Å². The van der Waals surface area contributed by atoms with E-state index < -0.39 is 10.0 Å². The first-order valence-corrected chi connectivity index (χ1v) is 10.1. The molecule has 0 aliphatic carbocycles. The molecular weight excluding hydrogens is 336 g/mol. The van der Waals surface area contributed by atoms with E-state index in [1.54, 1.807) is 8.99 Å². The fraction of sp³-hybridized carbons (Fsp3) is 0.500. The molecule has 1 saturated heterocycles. The van der Waals surface area contributed by atoms with Gasteiger partial charge in [0.25, 0.3) is 0 Å². The van der Waals surface area contributed by atoms with Crippen molar-refractivity contribution in [2.24, 2.45) is 0 Å². The molecule has 0 amide bonds. The Morgan fingerprint density at radius 2 is 1.76 bits per heavy atom. The quantitative estimate of drug-likeness (QED) is 0.838. The van der Waals surface area contributed by atoms with Gasteiger partial charge in [0.1, 0.15) is 4.90 Å². The summed E-state index contributed by atoms with van der Waals surface area (Å²) < 4.78 is 29.2. The van der Waals surface area contributed by atoms with Crippen molar-refractivity contribution in [1.82, 2.24) is 14.1 Å². The van der Waals surface area contributed by atoms with E-state index in [4.69, 9.17) is 0 Å². The van der Waals surface area contributed by atoms with Crippen LogP contribution in [0.15, 0.2) is 29.3 Å². The Hall–Kier alpha value is -1.86. The smallest absolute Gasteiger partial charge is 0.246 e. The van der Waals surface area contributed by atoms with Gasteiger partial charge in [0, 0.05) is 38.4 Å². The monoisotopic (exact) mass is 362 g/mol. The van der Waals surface area contributed by atoms with E-state index >= 15 is 0 Å². The van der Waals surface area contributed by atoms with Crippen LogP contribution in [-0.4, -0.2) is 48.7 Å². The SMILES string of the molecule is CCn1ncc(S(=O)(=O)N2CCN(c3cccc(C)c3C)CC2)c1C. The molecular formula is C18H26N4O2S. The van der Waals surface area contributed by atoms with Crippen LogP contribution in [0.4, 0.5) is 5.69 Å². The number of hydrogen-bond acceptors (Lipinski definition) is 4. The summed E-state index contributed by atoms with van der Waals surface area (Å²) in [7, 11) is -3.48. The number of hydrogen-bond donors (Lipinski definition) is 0. The molecule has 3 rings (SSSR count). The number of rotatable bonds is 4. The molecule has 0 bridgehead atoms. The topological polar surface area (TPSA) is 58.4 Å². The van der Waals surface area contributed by atoms with Gasteiger partial charge >= 0.3 is 0 Å². The molecule has 0 unspecified atom stereocenters. The first kappa shape index (κ1) is 17.9. The Morgan fingerprint density at radius 3 is 2.36 bits per heavy atom. The largest absolute Gasteiger partial charge is 0.369 e. The summed E-state index contributed by atoms with van der Waals surface area (Å²) >= 11 is 0. The lowest BCUT2D eigenvalue weighted by atomic mass is 10.1. The molecule has 1 aromatic heterocycles. The zero-order valence-electron chi connectivity index (χ0n) is 15.4. The van der Waals surface area contributed by atoms with Crippen LogP contribution >= 0.6 is 0 Å². The molecule has 0 N–H and O–H groups in total. The standard InChI is InChI=1S/C18H26N4O2S/c1-5-22-16(4)18(13-19-22)25(23,24)21-11-9-20(10-12-21)17-8-6-7-14(2)15(17)3/h6-8,13H,5,9-12H2,1-4H3. The number of nitrogens with zero attached hydrogens (tertiary/aromatic N) is 4. The van der Waals surface area contributed by atoms with E-state index in [0.717, 1.165) is 0 Å². The Kier molecular flexibility index (Phi) is 4.88. The van der Waals surface area contributed by atoms with Crippen molar-refractivity contribution in [1.29, 1.82) is 0 Å². The number of benzene rings is 1. The lowest BCUT2D eigenvalue weighted by molar-refractivity contribution is 0.384. The Bertz CT molecular complexity index is 865. The van der Waals surface area contributed by atoms with E-state index in [0.29, 0.717) is 43.3 Å². The third-order valence-corrected chi connectivity index (χ3v) is 7.13. The van der Waals surface area contributed by atoms with Crippen LogP contribution < -0.4 is 4.90 Å². The summed E-state index contributed by atoms with van der Waals surface area (Å²) in [4.78, 5) is 2.60. The third kappa shape index (κ3) is 3.18. The molecule has 7 heteroatoms. The van der Waals surface area contributed by atoms with Gasteiger partial charge in [0.05, 0.1) is 11.9 Å². The molecule has 25 heavy (non-hydrogen) atoms. The minimum absolute atomic E-state index is 0.328. The molecule has 2 aromatic rings. The summed E-state index contributed by atoms with van der Waals surface area (Å²) in [6.45, 7) is 11.1. The first-order valence-electron chi connectivity index (χ1n) is 8.70. The van der Waals surface area contributed by atoms with Gasteiger partial charge in [0.2, 0.25) is 10.0 Å². The zero-order chi connectivity index (χ0) is 18.2. The Morgan fingerprint density at radius 1 is 1.08 bits per heavy atom. The molecule has 0 spiro atoms. The number of anilines is 1. The minimum atomic E-state index is -3.48.